The Labute approximate surface area is 132 Å². The van der Waals surface area contributed by atoms with Crippen molar-refractivity contribution in [2.45, 2.75) is 31.6 Å². The quantitative estimate of drug-likeness (QED) is 0.843. The number of aryl methyl sites for hydroxylation is 1. The van der Waals surface area contributed by atoms with Crippen LogP contribution in [0.25, 0.3) is 0 Å². The molecule has 2 aromatic rings. The molecule has 22 heavy (non-hydrogen) atoms. The molecule has 1 N–H and O–H groups in total. The highest BCUT2D eigenvalue weighted by molar-refractivity contribution is 7.92. The lowest BCUT2D eigenvalue weighted by atomic mass is 10.2. The second-order valence-electron chi connectivity index (χ2n) is 4.95. The number of ether oxygens (including phenoxy) is 1. The van der Waals surface area contributed by atoms with Gasteiger partial charge in [-0.05, 0) is 42.7 Å². The standard InChI is InChI=1S/C17H21NO3S/c1-3-13-21-17-8-6-5-7-16(17)18-22(19,20)15-11-9-14(4-2)10-12-15/h5-12,18H,3-4,13H2,1-2H3. The second-order valence-corrected chi connectivity index (χ2v) is 6.63. The first-order valence-electron chi connectivity index (χ1n) is 7.40. The maximum absolute atomic E-state index is 12.5. The molecule has 0 aromatic heterocycles. The molecule has 0 spiro atoms. The highest BCUT2D eigenvalue weighted by Crippen LogP contribution is 2.26. The van der Waals surface area contributed by atoms with E-state index in [4.69, 9.17) is 4.74 Å². The molecule has 0 saturated carbocycles. The van der Waals surface area contributed by atoms with Crippen LogP contribution in [0.3, 0.4) is 0 Å². The Morgan fingerprint density at radius 2 is 1.68 bits per heavy atom. The molecule has 0 amide bonds. The van der Waals surface area contributed by atoms with Gasteiger partial charge >= 0.3 is 0 Å². The fourth-order valence-corrected chi connectivity index (χ4v) is 3.07. The molecule has 0 atom stereocenters. The number of hydrogen-bond donors (Lipinski definition) is 1. The summed E-state index contributed by atoms with van der Waals surface area (Å²) in [6.07, 6.45) is 1.74. The third-order valence-corrected chi connectivity index (χ3v) is 4.62. The summed E-state index contributed by atoms with van der Waals surface area (Å²) < 4.78 is 33.1. The Balaban J connectivity index is 2.24. The van der Waals surface area contributed by atoms with Crippen LogP contribution < -0.4 is 9.46 Å². The minimum absolute atomic E-state index is 0.245. The first kappa shape index (κ1) is 16.4. The molecule has 0 aliphatic heterocycles. The van der Waals surface area contributed by atoms with Crippen molar-refractivity contribution in [3.05, 3.63) is 54.1 Å². The molecular formula is C17H21NO3S. The van der Waals surface area contributed by atoms with E-state index in [2.05, 4.69) is 4.72 Å². The normalized spacial score (nSPS) is 11.2. The van der Waals surface area contributed by atoms with Crippen molar-refractivity contribution < 1.29 is 13.2 Å². The van der Waals surface area contributed by atoms with E-state index < -0.39 is 10.0 Å². The summed E-state index contributed by atoms with van der Waals surface area (Å²) in [5, 5.41) is 0. The van der Waals surface area contributed by atoms with Crippen LogP contribution in [0, 0.1) is 0 Å². The van der Waals surface area contributed by atoms with Crippen LogP contribution in [0.4, 0.5) is 5.69 Å². The molecule has 4 nitrogen and oxygen atoms in total. The largest absolute Gasteiger partial charge is 0.491 e. The Hall–Kier alpha value is -2.01. The molecule has 5 heteroatoms. The average molecular weight is 319 g/mol. The van der Waals surface area contributed by atoms with Gasteiger partial charge in [0.05, 0.1) is 17.2 Å². The molecule has 0 bridgehead atoms. The SMILES string of the molecule is CCCOc1ccccc1NS(=O)(=O)c1ccc(CC)cc1. The molecule has 118 valence electrons. The van der Waals surface area contributed by atoms with Crippen molar-refractivity contribution in [1.29, 1.82) is 0 Å². The van der Waals surface area contributed by atoms with E-state index in [1.165, 1.54) is 0 Å². The fourth-order valence-electron chi connectivity index (χ4n) is 2.00. The molecule has 0 heterocycles. The van der Waals surface area contributed by atoms with Crippen LogP contribution in [0.15, 0.2) is 53.4 Å². The number of sulfonamides is 1. The molecule has 0 aliphatic rings. The lowest BCUT2D eigenvalue weighted by Crippen LogP contribution is -2.14. The monoisotopic (exact) mass is 319 g/mol. The zero-order valence-corrected chi connectivity index (χ0v) is 13.7. The average Bonchev–Trinajstić information content (AvgIpc) is 2.54. The Kier molecular flexibility index (Phi) is 5.44. The Morgan fingerprint density at radius 1 is 1.00 bits per heavy atom. The van der Waals surface area contributed by atoms with E-state index in [9.17, 15) is 8.42 Å². The van der Waals surface area contributed by atoms with Gasteiger partial charge < -0.3 is 4.74 Å². The van der Waals surface area contributed by atoms with Gasteiger partial charge in [-0.25, -0.2) is 8.42 Å². The predicted molar refractivity (Wildman–Crippen MR) is 88.9 cm³/mol. The predicted octanol–water partition coefficient (Wildman–Crippen LogP) is 3.84. The summed E-state index contributed by atoms with van der Waals surface area (Å²) in [5.74, 6) is 0.540. The molecule has 0 unspecified atom stereocenters. The third kappa shape index (κ3) is 4.01. The van der Waals surface area contributed by atoms with E-state index >= 15 is 0 Å². The van der Waals surface area contributed by atoms with E-state index in [1.807, 2.05) is 32.0 Å². The summed E-state index contributed by atoms with van der Waals surface area (Å²) in [7, 11) is -3.62. The van der Waals surface area contributed by atoms with Crippen LogP contribution >= 0.6 is 0 Å². The van der Waals surface area contributed by atoms with Gasteiger partial charge in [0.1, 0.15) is 5.75 Å². The van der Waals surface area contributed by atoms with E-state index in [0.29, 0.717) is 18.0 Å². The number of anilines is 1. The Morgan fingerprint density at radius 3 is 2.32 bits per heavy atom. The van der Waals surface area contributed by atoms with Gasteiger partial charge in [-0.1, -0.05) is 38.1 Å². The van der Waals surface area contributed by atoms with Crippen molar-refractivity contribution in [2.75, 3.05) is 11.3 Å². The van der Waals surface area contributed by atoms with Crippen molar-refractivity contribution in [1.82, 2.24) is 0 Å². The maximum atomic E-state index is 12.5. The molecule has 0 aliphatic carbocycles. The maximum Gasteiger partial charge on any atom is 0.262 e. The zero-order valence-electron chi connectivity index (χ0n) is 12.9. The molecule has 2 aromatic carbocycles. The zero-order chi connectivity index (χ0) is 16.0. The smallest absolute Gasteiger partial charge is 0.262 e. The highest BCUT2D eigenvalue weighted by atomic mass is 32.2. The van der Waals surface area contributed by atoms with Crippen molar-refractivity contribution in [3.8, 4) is 5.75 Å². The van der Waals surface area contributed by atoms with Gasteiger partial charge in [-0.15, -0.1) is 0 Å². The summed E-state index contributed by atoms with van der Waals surface area (Å²) in [4.78, 5) is 0.245. The van der Waals surface area contributed by atoms with Gasteiger partial charge in [0.25, 0.3) is 10.0 Å². The van der Waals surface area contributed by atoms with Crippen molar-refractivity contribution in [3.63, 3.8) is 0 Å². The molecule has 0 radical (unpaired) electrons. The lowest BCUT2D eigenvalue weighted by Gasteiger charge is -2.13. The first-order valence-corrected chi connectivity index (χ1v) is 8.88. The van der Waals surface area contributed by atoms with Crippen LogP contribution in [0.1, 0.15) is 25.8 Å². The van der Waals surface area contributed by atoms with Crippen molar-refractivity contribution >= 4 is 15.7 Å². The minimum atomic E-state index is -3.62. The van der Waals surface area contributed by atoms with E-state index in [-0.39, 0.29) is 4.90 Å². The summed E-state index contributed by atoms with van der Waals surface area (Å²) in [5.41, 5.74) is 1.56. The number of para-hydroxylation sites is 2. The first-order chi connectivity index (χ1) is 10.6. The number of nitrogens with one attached hydrogen (secondary N) is 1. The molecule has 0 saturated heterocycles. The molecule has 0 fully saturated rings. The number of hydrogen-bond acceptors (Lipinski definition) is 3. The van der Waals surface area contributed by atoms with Gasteiger partial charge in [0, 0.05) is 0 Å². The summed E-state index contributed by atoms with van der Waals surface area (Å²) in [6.45, 7) is 4.58. The molecular weight excluding hydrogens is 298 g/mol. The second kappa shape index (κ2) is 7.31. The lowest BCUT2D eigenvalue weighted by molar-refractivity contribution is 0.319. The topological polar surface area (TPSA) is 55.4 Å². The summed E-state index contributed by atoms with van der Waals surface area (Å²) in [6, 6.07) is 13.9. The van der Waals surface area contributed by atoms with Gasteiger partial charge in [-0.2, -0.15) is 0 Å². The van der Waals surface area contributed by atoms with Gasteiger partial charge in [0.15, 0.2) is 0 Å². The van der Waals surface area contributed by atoms with Crippen LogP contribution in [0.5, 0.6) is 5.75 Å². The van der Waals surface area contributed by atoms with Crippen molar-refractivity contribution in [2.24, 2.45) is 0 Å². The number of rotatable bonds is 7. The fraction of sp³-hybridized carbons (Fsp3) is 0.294. The number of benzene rings is 2. The highest BCUT2D eigenvalue weighted by Gasteiger charge is 2.16. The van der Waals surface area contributed by atoms with E-state index in [0.717, 1.165) is 18.4 Å². The van der Waals surface area contributed by atoms with Crippen LogP contribution in [-0.2, 0) is 16.4 Å². The van der Waals surface area contributed by atoms with Gasteiger partial charge in [-0.3, -0.25) is 4.72 Å². The summed E-state index contributed by atoms with van der Waals surface area (Å²) >= 11 is 0. The van der Waals surface area contributed by atoms with Crippen LogP contribution in [-0.4, -0.2) is 15.0 Å². The Bertz CT molecular complexity index is 709. The van der Waals surface area contributed by atoms with Gasteiger partial charge in [0.2, 0.25) is 0 Å². The minimum Gasteiger partial charge on any atom is -0.491 e. The third-order valence-electron chi connectivity index (χ3n) is 3.23. The van der Waals surface area contributed by atoms with Crippen LogP contribution in [0.2, 0.25) is 0 Å². The molecule has 2 rings (SSSR count). The van der Waals surface area contributed by atoms with E-state index in [1.54, 1.807) is 30.3 Å².